The molecule has 1 aromatic carbocycles. The molecule has 0 radical (unpaired) electrons. The van der Waals surface area contributed by atoms with Crippen LogP contribution in [0.5, 0.6) is 5.75 Å². The van der Waals surface area contributed by atoms with Gasteiger partial charge in [0, 0.05) is 17.7 Å². The van der Waals surface area contributed by atoms with Crippen molar-refractivity contribution in [2.24, 2.45) is 0 Å². The van der Waals surface area contributed by atoms with E-state index in [-0.39, 0.29) is 5.92 Å². The van der Waals surface area contributed by atoms with Gasteiger partial charge in [0.25, 0.3) is 0 Å². The van der Waals surface area contributed by atoms with E-state index in [0.29, 0.717) is 0 Å². The average molecular weight is 244 g/mol. The Morgan fingerprint density at radius 3 is 3.06 bits per heavy atom. The Bertz CT molecular complexity index is 594. The fourth-order valence-electron chi connectivity index (χ4n) is 2.19. The predicted octanol–water partition coefficient (Wildman–Crippen LogP) is 3.05. The lowest BCUT2D eigenvalue weighted by Gasteiger charge is -2.25. The van der Waals surface area contributed by atoms with Crippen LogP contribution in [-0.2, 0) is 0 Å². The predicted molar refractivity (Wildman–Crippen MR) is 67.8 cm³/mol. The van der Waals surface area contributed by atoms with E-state index in [2.05, 4.69) is 16.0 Å². The van der Waals surface area contributed by atoms with Gasteiger partial charge in [-0.2, -0.15) is 0 Å². The SMILES string of the molecule is S=c1ccnc(C2CCOc3ccccc32)[nH]1. The summed E-state index contributed by atoms with van der Waals surface area (Å²) in [5.41, 5.74) is 1.18. The summed E-state index contributed by atoms with van der Waals surface area (Å²) >= 11 is 5.14. The molecule has 3 nitrogen and oxygen atoms in total. The summed E-state index contributed by atoms with van der Waals surface area (Å²) in [5, 5.41) is 0. The van der Waals surface area contributed by atoms with Crippen LogP contribution in [0, 0.1) is 4.64 Å². The number of benzene rings is 1. The van der Waals surface area contributed by atoms with Crippen molar-refractivity contribution in [1.29, 1.82) is 0 Å². The number of hydrogen-bond acceptors (Lipinski definition) is 3. The van der Waals surface area contributed by atoms with E-state index < -0.39 is 0 Å². The molecule has 0 saturated carbocycles. The number of H-pyrrole nitrogens is 1. The molecular formula is C13H12N2OS. The summed E-state index contributed by atoms with van der Waals surface area (Å²) in [6.45, 7) is 0.721. The average Bonchev–Trinajstić information content (AvgIpc) is 2.38. The molecule has 0 saturated heterocycles. The molecule has 1 aromatic heterocycles. The Labute approximate surface area is 104 Å². The van der Waals surface area contributed by atoms with E-state index in [1.165, 1.54) is 5.56 Å². The minimum absolute atomic E-state index is 0.253. The van der Waals surface area contributed by atoms with Crippen LogP contribution < -0.4 is 4.74 Å². The minimum atomic E-state index is 0.253. The van der Waals surface area contributed by atoms with Gasteiger partial charge >= 0.3 is 0 Å². The maximum atomic E-state index is 5.64. The Morgan fingerprint density at radius 2 is 2.18 bits per heavy atom. The van der Waals surface area contributed by atoms with Gasteiger partial charge in [0.1, 0.15) is 16.2 Å². The van der Waals surface area contributed by atoms with Gasteiger partial charge < -0.3 is 9.72 Å². The number of rotatable bonds is 1. The van der Waals surface area contributed by atoms with Crippen LogP contribution in [0.15, 0.2) is 36.5 Å². The van der Waals surface area contributed by atoms with E-state index in [9.17, 15) is 0 Å². The smallest absolute Gasteiger partial charge is 0.123 e. The number of nitrogens with zero attached hydrogens (tertiary/aromatic N) is 1. The van der Waals surface area contributed by atoms with Crippen LogP contribution in [0.25, 0.3) is 0 Å². The maximum Gasteiger partial charge on any atom is 0.123 e. The third-order valence-electron chi connectivity index (χ3n) is 2.98. The molecule has 1 aliphatic heterocycles. The topological polar surface area (TPSA) is 37.9 Å². The Hall–Kier alpha value is -1.68. The van der Waals surface area contributed by atoms with Gasteiger partial charge in [0.05, 0.1) is 6.61 Å². The van der Waals surface area contributed by atoms with Gasteiger partial charge in [0.2, 0.25) is 0 Å². The van der Waals surface area contributed by atoms with Gasteiger partial charge in [-0.15, -0.1) is 0 Å². The molecule has 86 valence electrons. The van der Waals surface area contributed by atoms with Gasteiger partial charge in [-0.3, -0.25) is 0 Å². The lowest BCUT2D eigenvalue weighted by Crippen LogP contribution is -2.17. The number of fused-ring (bicyclic) bond motifs is 1. The largest absolute Gasteiger partial charge is 0.493 e. The third kappa shape index (κ3) is 1.96. The molecule has 1 N–H and O–H groups in total. The summed E-state index contributed by atoms with van der Waals surface area (Å²) in [4.78, 5) is 7.55. The molecule has 1 atom stereocenters. The number of hydrogen-bond donors (Lipinski definition) is 1. The van der Waals surface area contributed by atoms with E-state index in [4.69, 9.17) is 17.0 Å². The van der Waals surface area contributed by atoms with Gasteiger partial charge in [-0.1, -0.05) is 30.4 Å². The van der Waals surface area contributed by atoms with Crippen LogP contribution in [0.4, 0.5) is 0 Å². The molecule has 0 bridgehead atoms. The van der Waals surface area contributed by atoms with Gasteiger partial charge in [-0.05, 0) is 18.6 Å². The Kier molecular flexibility index (Phi) is 2.65. The van der Waals surface area contributed by atoms with Crippen LogP contribution >= 0.6 is 12.2 Å². The molecule has 4 heteroatoms. The van der Waals surface area contributed by atoms with E-state index in [1.54, 1.807) is 12.3 Å². The monoisotopic (exact) mass is 244 g/mol. The highest BCUT2D eigenvalue weighted by molar-refractivity contribution is 7.71. The number of ether oxygens (including phenoxy) is 1. The minimum Gasteiger partial charge on any atom is -0.493 e. The molecule has 1 aliphatic rings. The number of para-hydroxylation sites is 1. The van der Waals surface area contributed by atoms with E-state index in [0.717, 1.165) is 29.2 Å². The summed E-state index contributed by atoms with van der Waals surface area (Å²) in [6.07, 6.45) is 2.69. The summed E-state index contributed by atoms with van der Waals surface area (Å²) < 4.78 is 6.36. The normalized spacial score (nSPS) is 18.2. The third-order valence-corrected chi connectivity index (χ3v) is 3.22. The Morgan fingerprint density at radius 1 is 1.29 bits per heavy atom. The number of aromatic nitrogens is 2. The highest BCUT2D eigenvalue weighted by Crippen LogP contribution is 2.36. The van der Waals surface area contributed by atoms with Crippen LogP contribution in [0.1, 0.15) is 23.7 Å². The van der Waals surface area contributed by atoms with Crippen molar-refractivity contribution < 1.29 is 4.74 Å². The fourth-order valence-corrected chi connectivity index (χ4v) is 2.35. The van der Waals surface area contributed by atoms with E-state index >= 15 is 0 Å². The highest BCUT2D eigenvalue weighted by atomic mass is 32.1. The molecule has 0 spiro atoms. The summed E-state index contributed by atoms with van der Waals surface area (Å²) in [5.74, 6) is 2.13. The quantitative estimate of drug-likeness (QED) is 0.783. The zero-order valence-corrected chi connectivity index (χ0v) is 10.0. The standard InChI is InChI=1S/C13H12N2OS/c17-12-5-7-14-13(15-12)10-6-8-16-11-4-2-1-3-9(10)11/h1-5,7,10H,6,8H2,(H,14,15,17). The Balaban J connectivity index is 2.09. The molecule has 0 amide bonds. The highest BCUT2D eigenvalue weighted by Gasteiger charge is 2.23. The second-order valence-electron chi connectivity index (χ2n) is 4.05. The molecule has 17 heavy (non-hydrogen) atoms. The molecule has 0 aliphatic carbocycles. The summed E-state index contributed by atoms with van der Waals surface area (Å²) in [7, 11) is 0. The van der Waals surface area contributed by atoms with Crippen molar-refractivity contribution in [2.45, 2.75) is 12.3 Å². The molecule has 2 heterocycles. The first-order chi connectivity index (χ1) is 8.34. The zero-order valence-electron chi connectivity index (χ0n) is 9.22. The first kappa shape index (κ1) is 10.5. The molecular weight excluding hydrogens is 232 g/mol. The van der Waals surface area contributed by atoms with Crippen molar-refractivity contribution >= 4 is 12.2 Å². The second-order valence-corrected chi connectivity index (χ2v) is 4.49. The fraction of sp³-hybridized carbons (Fsp3) is 0.231. The van der Waals surface area contributed by atoms with Gasteiger partial charge in [0.15, 0.2) is 0 Å². The van der Waals surface area contributed by atoms with Crippen LogP contribution in [0.2, 0.25) is 0 Å². The van der Waals surface area contributed by atoms with Crippen molar-refractivity contribution in [2.75, 3.05) is 6.61 Å². The first-order valence-electron chi connectivity index (χ1n) is 5.61. The molecule has 2 aromatic rings. The second kappa shape index (κ2) is 4.30. The van der Waals surface area contributed by atoms with Crippen molar-refractivity contribution in [1.82, 2.24) is 9.97 Å². The van der Waals surface area contributed by atoms with E-state index in [1.807, 2.05) is 18.2 Å². The molecule has 1 unspecified atom stereocenters. The van der Waals surface area contributed by atoms with Gasteiger partial charge in [-0.25, -0.2) is 4.98 Å². The zero-order chi connectivity index (χ0) is 11.7. The molecule has 3 rings (SSSR count). The maximum absolute atomic E-state index is 5.64. The van der Waals surface area contributed by atoms with Crippen LogP contribution in [0.3, 0.4) is 0 Å². The van der Waals surface area contributed by atoms with Crippen molar-refractivity contribution in [3.63, 3.8) is 0 Å². The molecule has 0 fully saturated rings. The lowest BCUT2D eigenvalue weighted by molar-refractivity contribution is 0.274. The van der Waals surface area contributed by atoms with Crippen LogP contribution in [-0.4, -0.2) is 16.6 Å². The van der Waals surface area contributed by atoms with Crippen molar-refractivity contribution in [3.05, 3.63) is 52.6 Å². The summed E-state index contributed by atoms with van der Waals surface area (Å²) in [6, 6.07) is 9.90. The first-order valence-corrected chi connectivity index (χ1v) is 6.02. The number of aromatic amines is 1. The van der Waals surface area contributed by atoms with Crippen molar-refractivity contribution in [3.8, 4) is 5.75 Å². The number of nitrogens with one attached hydrogen (secondary N) is 1. The lowest BCUT2D eigenvalue weighted by atomic mass is 9.92.